The molecule has 5 N–H and O–H groups in total. The first-order valence-corrected chi connectivity index (χ1v) is 17.0. The minimum absolute atomic E-state index is 0.0711. The number of carbonyl (C=O) groups excluding carboxylic acids is 5. The van der Waals surface area contributed by atoms with Crippen LogP contribution in [0.5, 0.6) is 0 Å². The normalized spacial score (nSPS) is 27.3. The smallest absolute Gasteiger partial charge is 0.315 e. The highest BCUT2D eigenvalue weighted by Gasteiger charge is 2.70. The molecule has 0 bridgehead atoms. The molecular weight excluding hydrogens is 554 g/mol. The van der Waals surface area contributed by atoms with Crippen LogP contribution in [0.15, 0.2) is 0 Å². The highest BCUT2D eigenvalue weighted by Crippen LogP contribution is 2.65. The number of thioether (sulfide) groups is 1. The molecule has 0 aromatic carbocycles. The molecule has 1 heterocycles. The van der Waals surface area contributed by atoms with Crippen molar-refractivity contribution in [2.75, 3.05) is 18.6 Å². The van der Waals surface area contributed by atoms with Crippen LogP contribution in [0.3, 0.4) is 0 Å². The maximum absolute atomic E-state index is 14.2. The quantitative estimate of drug-likeness (QED) is 0.251. The van der Waals surface area contributed by atoms with Crippen LogP contribution in [0, 0.1) is 28.6 Å². The Hall–Kier alpha value is -2.30. The van der Waals surface area contributed by atoms with Crippen molar-refractivity contribution < 1.29 is 24.0 Å². The van der Waals surface area contributed by atoms with E-state index in [1.807, 2.05) is 20.8 Å². The summed E-state index contributed by atoms with van der Waals surface area (Å²) in [7, 11) is 0. The summed E-state index contributed by atoms with van der Waals surface area (Å²) in [5.74, 6) is -1.31. The standard InChI is InChI=1S/C31H51N5O5S/c1-29(2,3)24(34-28(41)35-31(14-15-42-6)12-8-7-9-13-31)27(40)36-17-19-21(30(19,4)5)22(36)26(39)33-20(16-18-10-11-18)23(37)25(32)38/h18-22,24H,7-17H2,1-6H3,(H2,32,38)(H,33,39)(H2,34,35,41)/t19-,20?,21-,22-,24+/m0/s1. The van der Waals surface area contributed by atoms with Gasteiger partial charge >= 0.3 is 6.03 Å². The molecule has 5 amide bonds. The third kappa shape index (κ3) is 7.08. The molecule has 11 heteroatoms. The summed E-state index contributed by atoms with van der Waals surface area (Å²) in [6.45, 7) is 10.3. The Bertz CT molecular complexity index is 1080. The van der Waals surface area contributed by atoms with E-state index >= 15 is 0 Å². The lowest BCUT2D eigenvalue weighted by Crippen LogP contribution is -2.63. The van der Waals surface area contributed by atoms with E-state index in [4.69, 9.17) is 5.73 Å². The van der Waals surface area contributed by atoms with Crippen molar-refractivity contribution in [1.82, 2.24) is 20.9 Å². The topological polar surface area (TPSA) is 151 Å². The van der Waals surface area contributed by atoms with Crippen LogP contribution in [0.1, 0.15) is 92.4 Å². The van der Waals surface area contributed by atoms with E-state index in [1.54, 1.807) is 16.7 Å². The van der Waals surface area contributed by atoms with Gasteiger partial charge in [-0.25, -0.2) is 4.79 Å². The first-order valence-electron chi connectivity index (χ1n) is 15.6. The zero-order chi connectivity index (χ0) is 31.0. The summed E-state index contributed by atoms with van der Waals surface area (Å²) in [6.07, 6.45) is 10.4. The second-order valence-electron chi connectivity index (χ2n) is 14.8. The van der Waals surface area contributed by atoms with Crippen LogP contribution < -0.4 is 21.7 Å². The average molecular weight is 606 g/mol. The van der Waals surface area contributed by atoms with Crippen LogP contribution >= 0.6 is 11.8 Å². The monoisotopic (exact) mass is 605 g/mol. The van der Waals surface area contributed by atoms with Crippen LogP contribution in [0.25, 0.3) is 0 Å². The zero-order valence-electron chi connectivity index (χ0n) is 26.2. The Balaban J connectivity index is 1.52. The molecule has 3 saturated carbocycles. The van der Waals surface area contributed by atoms with E-state index in [-0.39, 0.29) is 40.6 Å². The molecule has 1 aliphatic heterocycles. The molecule has 3 aliphatic carbocycles. The number of rotatable bonds is 12. The second-order valence-corrected chi connectivity index (χ2v) is 15.8. The number of likely N-dealkylation sites (tertiary alicyclic amines) is 1. The van der Waals surface area contributed by atoms with Crippen molar-refractivity contribution in [3.63, 3.8) is 0 Å². The van der Waals surface area contributed by atoms with E-state index in [2.05, 4.69) is 36.1 Å². The molecule has 4 rings (SSSR count). The molecule has 1 unspecified atom stereocenters. The number of amides is 5. The number of piperidine rings is 1. The van der Waals surface area contributed by atoms with Gasteiger partial charge < -0.3 is 26.6 Å². The summed E-state index contributed by atoms with van der Waals surface area (Å²) >= 11 is 1.76. The van der Waals surface area contributed by atoms with E-state index in [0.29, 0.717) is 13.0 Å². The SMILES string of the molecule is CSCCC1(NC(=O)N[C@H](C(=O)N2C[C@H]3[C@@H]([C@H]2C(=O)NC(CC2CC2)C(=O)C(N)=O)C3(C)C)C(C)(C)C)CCCCC1. The summed E-state index contributed by atoms with van der Waals surface area (Å²) < 4.78 is 0. The van der Waals surface area contributed by atoms with Crippen LogP contribution in [-0.4, -0.2) is 76.7 Å². The van der Waals surface area contributed by atoms with Gasteiger partial charge in [0.1, 0.15) is 12.1 Å². The van der Waals surface area contributed by atoms with Crippen molar-refractivity contribution in [3.8, 4) is 0 Å². The lowest BCUT2D eigenvalue weighted by molar-refractivity contribution is -0.145. The van der Waals surface area contributed by atoms with Crippen molar-refractivity contribution in [2.45, 2.75) is 116 Å². The molecule has 42 heavy (non-hydrogen) atoms. The number of ketones is 1. The number of Topliss-reactive ketones (excluding diaryl/α,β-unsaturated/α-hetero) is 1. The summed E-state index contributed by atoms with van der Waals surface area (Å²) in [4.78, 5) is 67.4. The van der Waals surface area contributed by atoms with Crippen LogP contribution in [0.2, 0.25) is 0 Å². The molecule has 10 nitrogen and oxygen atoms in total. The molecule has 0 radical (unpaired) electrons. The van der Waals surface area contributed by atoms with E-state index in [9.17, 15) is 24.0 Å². The van der Waals surface area contributed by atoms with Gasteiger partial charge in [0.2, 0.25) is 17.6 Å². The van der Waals surface area contributed by atoms with Gasteiger partial charge in [-0.3, -0.25) is 19.2 Å². The summed E-state index contributed by atoms with van der Waals surface area (Å²) in [5.41, 5.74) is 4.27. The highest BCUT2D eigenvalue weighted by molar-refractivity contribution is 7.98. The van der Waals surface area contributed by atoms with Crippen molar-refractivity contribution in [1.29, 1.82) is 0 Å². The summed E-state index contributed by atoms with van der Waals surface area (Å²) in [5, 5.41) is 9.07. The van der Waals surface area contributed by atoms with Crippen LogP contribution in [0.4, 0.5) is 4.79 Å². The van der Waals surface area contributed by atoms with Gasteiger partial charge in [0, 0.05) is 12.1 Å². The number of nitrogens with one attached hydrogen (secondary N) is 3. The fraction of sp³-hybridized carbons (Fsp3) is 0.839. The third-order valence-electron chi connectivity index (χ3n) is 10.3. The Kier molecular flexibility index (Phi) is 9.60. The number of primary amides is 1. The van der Waals surface area contributed by atoms with Crippen molar-refractivity contribution in [3.05, 3.63) is 0 Å². The number of nitrogens with zero attached hydrogens (tertiary/aromatic N) is 1. The van der Waals surface area contributed by atoms with Gasteiger partial charge in [0.15, 0.2) is 0 Å². The minimum Gasteiger partial charge on any atom is -0.363 e. The van der Waals surface area contributed by atoms with E-state index in [0.717, 1.165) is 57.1 Å². The fourth-order valence-corrected chi connectivity index (χ4v) is 7.94. The lowest BCUT2D eigenvalue weighted by Gasteiger charge is -2.41. The van der Waals surface area contributed by atoms with Gasteiger partial charge in [-0.15, -0.1) is 0 Å². The maximum atomic E-state index is 14.2. The first-order chi connectivity index (χ1) is 19.6. The summed E-state index contributed by atoms with van der Waals surface area (Å²) in [6, 6.07) is -2.99. The number of urea groups is 1. The van der Waals surface area contributed by atoms with Gasteiger partial charge in [-0.2, -0.15) is 11.8 Å². The van der Waals surface area contributed by atoms with Gasteiger partial charge in [0.05, 0.1) is 6.04 Å². The zero-order valence-corrected chi connectivity index (χ0v) is 27.0. The third-order valence-corrected chi connectivity index (χ3v) is 10.9. The average Bonchev–Trinajstić information content (AvgIpc) is 3.76. The number of nitrogens with two attached hydrogens (primary N) is 1. The minimum atomic E-state index is -1.07. The Morgan fingerprint density at radius 2 is 1.67 bits per heavy atom. The second kappa shape index (κ2) is 12.4. The molecule has 1 saturated heterocycles. The van der Waals surface area contributed by atoms with Gasteiger partial charge in [0.25, 0.3) is 5.91 Å². The molecule has 0 aromatic heterocycles. The Morgan fingerprint density at radius 3 is 2.21 bits per heavy atom. The Morgan fingerprint density at radius 1 is 1.02 bits per heavy atom. The molecule has 5 atom stereocenters. The van der Waals surface area contributed by atoms with Crippen molar-refractivity contribution in [2.24, 2.45) is 34.3 Å². The molecule has 236 valence electrons. The maximum Gasteiger partial charge on any atom is 0.315 e. The molecular formula is C31H51N5O5S. The predicted molar refractivity (Wildman–Crippen MR) is 163 cm³/mol. The first kappa shape index (κ1) is 32.6. The highest BCUT2D eigenvalue weighted by atomic mass is 32.2. The van der Waals surface area contributed by atoms with E-state index in [1.165, 1.54) is 0 Å². The van der Waals surface area contributed by atoms with Crippen LogP contribution in [-0.2, 0) is 19.2 Å². The predicted octanol–water partition coefficient (Wildman–Crippen LogP) is 2.98. The van der Waals surface area contributed by atoms with Crippen molar-refractivity contribution >= 4 is 41.3 Å². The molecule has 0 aromatic rings. The van der Waals surface area contributed by atoms with Gasteiger partial charge in [-0.1, -0.05) is 66.7 Å². The van der Waals surface area contributed by atoms with E-state index < -0.39 is 41.1 Å². The largest absolute Gasteiger partial charge is 0.363 e. The number of hydrogen-bond acceptors (Lipinski definition) is 6. The number of hydrogen-bond donors (Lipinski definition) is 4. The lowest BCUT2D eigenvalue weighted by atomic mass is 9.79. The fourth-order valence-electron chi connectivity index (χ4n) is 7.35. The van der Waals surface area contributed by atoms with Gasteiger partial charge in [-0.05, 0) is 66.3 Å². The molecule has 4 aliphatic rings. The number of carbonyl (C=O) groups is 5. The molecule has 0 spiro atoms. The number of fused-ring (bicyclic) bond motifs is 1. The molecule has 4 fully saturated rings. The Labute approximate surface area is 254 Å².